The number of amides is 1. The van der Waals surface area contributed by atoms with Gasteiger partial charge in [-0.2, -0.15) is 11.8 Å². The minimum Gasteiger partial charge on any atom is -0.353 e. The molecule has 1 saturated heterocycles. The summed E-state index contributed by atoms with van der Waals surface area (Å²) in [5.41, 5.74) is 0. The predicted molar refractivity (Wildman–Crippen MR) is 70.8 cm³/mol. The Hall–Kier alpha value is -0.220. The second-order valence-electron chi connectivity index (χ2n) is 4.85. The molecule has 1 aliphatic heterocycles. The van der Waals surface area contributed by atoms with E-state index in [2.05, 4.69) is 10.6 Å². The molecule has 0 aliphatic carbocycles. The molecule has 1 atom stereocenters. The van der Waals surface area contributed by atoms with Gasteiger partial charge in [0.15, 0.2) is 0 Å². The summed E-state index contributed by atoms with van der Waals surface area (Å²) in [6.07, 6.45) is 2.58. The van der Waals surface area contributed by atoms with E-state index in [1.54, 1.807) is 0 Å². The molecule has 0 aromatic carbocycles. The van der Waals surface area contributed by atoms with E-state index in [1.165, 1.54) is 24.3 Å². The highest BCUT2D eigenvalue weighted by molar-refractivity contribution is 7.99. The fourth-order valence-corrected chi connectivity index (χ4v) is 3.00. The first-order valence-electron chi connectivity index (χ1n) is 6.21. The molecule has 0 aromatic heterocycles. The largest absolute Gasteiger partial charge is 0.353 e. The molecule has 3 nitrogen and oxygen atoms in total. The quantitative estimate of drug-likeness (QED) is 0.772. The summed E-state index contributed by atoms with van der Waals surface area (Å²) >= 11 is 2.04. The highest BCUT2D eigenvalue weighted by Crippen LogP contribution is 2.21. The molecule has 0 aromatic rings. The van der Waals surface area contributed by atoms with E-state index in [0.717, 1.165) is 12.5 Å². The number of carbonyl (C=O) groups is 1. The van der Waals surface area contributed by atoms with Gasteiger partial charge >= 0.3 is 0 Å². The number of hydrogen-bond donors (Lipinski definition) is 2. The third-order valence-electron chi connectivity index (χ3n) is 2.88. The third kappa shape index (κ3) is 5.21. The SMILES string of the molecule is CC(C)NC(=O)C(C)NCC1CCSCC1. The predicted octanol–water partition coefficient (Wildman–Crippen LogP) is 1.63. The molecule has 0 bridgehead atoms. The molecule has 1 rings (SSSR count). The average Bonchev–Trinajstić information content (AvgIpc) is 2.26. The molecular formula is C12H24N2OS. The summed E-state index contributed by atoms with van der Waals surface area (Å²) in [7, 11) is 0. The molecule has 2 N–H and O–H groups in total. The maximum Gasteiger partial charge on any atom is 0.237 e. The summed E-state index contributed by atoms with van der Waals surface area (Å²) < 4.78 is 0. The fourth-order valence-electron chi connectivity index (χ4n) is 1.80. The van der Waals surface area contributed by atoms with E-state index in [0.29, 0.717) is 0 Å². The first kappa shape index (κ1) is 13.8. The molecule has 0 spiro atoms. The molecule has 16 heavy (non-hydrogen) atoms. The van der Waals surface area contributed by atoms with Gasteiger partial charge in [0.25, 0.3) is 0 Å². The van der Waals surface area contributed by atoms with E-state index in [1.807, 2.05) is 32.5 Å². The highest BCUT2D eigenvalue weighted by Gasteiger charge is 2.17. The van der Waals surface area contributed by atoms with Crippen LogP contribution in [0.2, 0.25) is 0 Å². The minimum absolute atomic E-state index is 0.0722. The number of nitrogens with one attached hydrogen (secondary N) is 2. The van der Waals surface area contributed by atoms with Crippen LogP contribution in [0.3, 0.4) is 0 Å². The minimum atomic E-state index is -0.0722. The van der Waals surface area contributed by atoms with Crippen molar-refractivity contribution in [1.82, 2.24) is 10.6 Å². The number of rotatable bonds is 5. The number of hydrogen-bond acceptors (Lipinski definition) is 3. The van der Waals surface area contributed by atoms with Gasteiger partial charge in [0, 0.05) is 6.04 Å². The Morgan fingerprint density at radius 3 is 2.50 bits per heavy atom. The summed E-state index contributed by atoms with van der Waals surface area (Å²) in [5, 5.41) is 6.26. The molecular weight excluding hydrogens is 220 g/mol. The second-order valence-corrected chi connectivity index (χ2v) is 6.07. The summed E-state index contributed by atoms with van der Waals surface area (Å²) in [4.78, 5) is 11.6. The molecule has 1 aliphatic rings. The maximum absolute atomic E-state index is 11.6. The lowest BCUT2D eigenvalue weighted by Gasteiger charge is -2.24. The van der Waals surface area contributed by atoms with E-state index >= 15 is 0 Å². The first-order chi connectivity index (χ1) is 7.59. The van der Waals surface area contributed by atoms with E-state index in [9.17, 15) is 4.79 Å². The lowest BCUT2D eigenvalue weighted by Crippen LogP contribution is -2.46. The third-order valence-corrected chi connectivity index (χ3v) is 3.93. The van der Waals surface area contributed by atoms with Crippen molar-refractivity contribution in [3.8, 4) is 0 Å². The van der Waals surface area contributed by atoms with Crippen molar-refractivity contribution in [1.29, 1.82) is 0 Å². The standard InChI is InChI=1S/C12H24N2OS/c1-9(2)14-12(15)10(3)13-8-11-4-6-16-7-5-11/h9-11,13H,4-8H2,1-3H3,(H,14,15). The molecule has 0 saturated carbocycles. The highest BCUT2D eigenvalue weighted by atomic mass is 32.2. The molecule has 1 amide bonds. The summed E-state index contributed by atoms with van der Waals surface area (Å²) in [6.45, 7) is 6.90. The van der Waals surface area contributed by atoms with Crippen molar-refractivity contribution in [2.75, 3.05) is 18.1 Å². The van der Waals surface area contributed by atoms with Gasteiger partial charge in [-0.3, -0.25) is 4.79 Å². The Labute approximate surface area is 103 Å². The molecule has 0 radical (unpaired) electrons. The van der Waals surface area contributed by atoms with Gasteiger partial charge in [-0.15, -0.1) is 0 Å². The molecule has 1 heterocycles. The van der Waals surface area contributed by atoms with Crippen molar-refractivity contribution >= 4 is 17.7 Å². The van der Waals surface area contributed by atoms with Crippen LogP contribution in [-0.2, 0) is 4.79 Å². The molecule has 1 unspecified atom stereocenters. The maximum atomic E-state index is 11.6. The van der Waals surface area contributed by atoms with Crippen LogP contribution >= 0.6 is 11.8 Å². The van der Waals surface area contributed by atoms with Crippen molar-refractivity contribution < 1.29 is 4.79 Å². The monoisotopic (exact) mass is 244 g/mol. The fraction of sp³-hybridized carbons (Fsp3) is 0.917. The van der Waals surface area contributed by atoms with Crippen LogP contribution in [0.25, 0.3) is 0 Å². The topological polar surface area (TPSA) is 41.1 Å². The Balaban J connectivity index is 2.17. The van der Waals surface area contributed by atoms with Gasteiger partial charge in [0.05, 0.1) is 6.04 Å². The average molecular weight is 244 g/mol. The Morgan fingerprint density at radius 2 is 1.94 bits per heavy atom. The van der Waals surface area contributed by atoms with Gasteiger partial charge in [-0.25, -0.2) is 0 Å². The van der Waals surface area contributed by atoms with Gasteiger partial charge in [-0.1, -0.05) is 0 Å². The van der Waals surface area contributed by atoms with Crippen LogP contribution in [0.1, 0.15) is 33.6 Å². The second kappa shape index (κ2) is 7.17. The van der Waals surface area contributed by atoms with E-state index in [-0.39, 0.29) is 18.0 Å². The van der Waals surface area contributed by atoms with E-state index in [4.69, 9.17) is 0 Å². The van der Waals surface area contributed by atoms with Crippen LogP contribution in [0, 0.1) is 5.92 Å². The van der Waals surface area contributed by atoms with Crippen LogP contribution < -0.4 is 10.6 Å². The molecule has 1 fully saturated rings. The van der Waals surface area contributed by atoms with E-state index < -0.39 is 0 Å². The van der Waals surface area contributed by atoms with Crippen molar-refractivity contribution in [2.24, 2.45) is 5.92 Å². The Kier molecular flexibility index (Phi) is 6.21. The molecule has 94 valence electrons. The summed E-state index contributed by atoms with van der Waals surface area (Å²) in [6, 6.07) is 0.153. The summed E-state index contributed by atoms with van der Waals surface area (Å²) in [5.74, 6) is 3.42. The zero-order valence-corrected chi connectivity index (χ0v) is 11.4. The zero-order chi connectivity index (χ0) is 12.0. The van der Waals surface area contributed by atoms with Gasteiger partial charge in [0.1, 0.15) is 0 Å². The lowest BCUT2D eigenvalue weighted by molar-refractivity contribution is -0.123. The van der Waals surface area contributed by atoms with Crippen LogP contribution in [0.4, 0.5) is 0 Å². The first-order valence-corrected chi connectivity index (χ1v) is 7.36. The van der Waals surface area contributed by atoms with Gasteiger partial charge in [0.2, 0.25) is 5.91 Å². The Morgan fingerprint density at radius 1 is 1.31 bits per heavy atom. The van der Waals surface area contributed by atoms with Crippen molar-refractivity contribution in [3.05, 3.63) is 0 Å². The smallest absolute Gasteiger partial charge is 0.237 e. The zero-order valence-electron chi connectivity index (χ0n) is 10.6. The van der Waals surface area contributed by atoms with Crippen LogP contribution in [0.5, 0.6) is 0 Å². The Bertz CT molecular complexity index is 215. The number of thioether (sulfide) groups is 1. The lowest BCUT2D eigenvalue weighted by atomic mass is 10.0. The normalized spacial score (nSPS) is 19.8. The number of carbonyl (C=O) groups excluding carboxylic acids is 1. The van der Waals surface area contributed by atoms with Crippen molar-refractivity contribution in [3.63, 3.8) is 0 Å². The van der Waals surface area contributed by atoms with Crippen molar-refractivity contribution in [2.45, 2.75) is 45.7 Å². The van der Waals surface area contributed by atoms with Crippen LogP contribution in [0.15, 0.2) is 0 Å². The van der Waals surface area contributed by atoms with Crippen LogP contribution in [-0.4, -0.2) is 36.0 Å². The van der Waals surface area contributed by atoms with Gasteiger partial charge in [-0.05, 0) is 57.6 Å². The molecule has 4 heteroatoms. The van der Waals surface area contributed by atoms with Gasteiger partial charge < -0.3 is 10.6 Å².